The summed E-state index contributed by atoms with van der Waals surface area (Å²) in [4.78, 5) is 0. The van der Waals surface area contributed by atoms with Gasteiger partial charge < -0.3 is 42.1 Å². The minimum absolute atomic E-state index is 0.125. The molecule has 13 nitrogen and oxygen atoms in total. The van der Waals surface area contributed by atoms with Crippen LogP contribution < -0.4 is 114 Å². The van der Waals surface area contributed by atoms with Gasteiger partial charge in [-0.2, -0.15) is 0 Å². The van der Waals surface area contributed by atoms with E-state index in [2.05, 4.69) is 317 Å². The van der Waals surface area contributed by atoms with E-state index in [0.29, 0.717) is 0 Å². The third-order valence-corrected chi connectivity index (χ3v) is 40.7. The number of rotatable bonds is 3. The molecule has 20 heterocycles. The van der Waals surface area contributed by atoms with E-state index in [4.69, 9.17) is 37.9 Å². The molecule has 127 heavy (non-hydrogen) atoms. The molecule has 1 N–H and O–H groups in total. The number of hydrogen-bond donors (Lipinski definition) is 1. The Morgan fingerprint density at radius 3 is 1.09 bits per heavy atom. The third kappa shape index (κ3) is 7.60. The molecule has 37 rings (SSSR count). The first-order valence-corrected chi connectivity index (χ1v) is 47.1. The molecular formula is C105H61B8N5O8P-. The third-order valence-electron chi connectivity index (χ3n) is 32.3. The van der Waals surface area contributed by atoms with E-state index in [9.17, 15) is 0 Å². The molecule has 4 aromatic heterocycles. The average molecular weight is 1640 g/mol. The number of aryl methyl sites for hydroxylation is 3. The number of para-hydroxylation sites is 2. The number of nitrogens with one attached hydrogen (secondary N) is 1. The summed E-state index contributed by atoms with van der Waals surface area (Å²) < 4.78 is 61.3. The summed E-state index contributed by atoms with van der Waals surface area (Å²) in [6, 6.07) is 106. The van der Waals surface area contributed by atoms with Crippen molar-refractivity contribution >= 4 is 223 Å². The fourth-order valence-corrected chi connectivity index (χ4v) is 37.9. The number of anilines is 1. The van der Waals surface area contributed by atoms with Crippen LogP contribution in [0.1, 0.15) is 16.7 Å². The number of nitrogens with zero attached hydrogens (tertiary/aromatic N) is 4. The van der Waals surface area contributed by atoms with E-state index in [1.807, 2.05) is 24.3 Å². The Hall–Kier alpha value is -14.9. The summed E-state index contributed by atoms with van der Waals surface area (Å²) in [5.74, 6) is 14.9. The second-order valence-corrected chi connectivity index (χ2v) is 43.2. The number of ether oxygens (including phenoxy) is 8. The van der Waals surface area contributed by atoms with Crippen LogP contribution in [0.5, 0.6) is 92.0 Å². The Kier molecular flexibility index (Phi) is 11.7. The summed E-state index contributed by atoms with van der Waals surface area (Å²) >= 11 is 0. The Labute approximate surface area is 728 Å². The van der Waals surface area contributed by atoms with Gasteiger partial charge in [0.15, 0.2) is 0 Å². The van der Waals surface area contributed by atoms with Crippen molar-refractivity contribution in [1.82, 2.24) is 18.3 Å². The van der Waals surface area contributed by atoms with Gasteiger partial charge in [-0.1, -0.05) is 78.4 Å². The molecule has 16 aliphatic rings. The molecule has 0 radical (unpaired) electrons. The second kappa shape index (κ2) is 22.2. The van der Waals surface area contributed by atoms with Crippen molar-refractivity contribution in [1.29, 1.82) is 0 Å². The van der Waals surface area contributed by atoms with E-state index in [-0.39, 0.29) is 33.9 Å². The zero-order valence-corrected chi connectivity index (χ0v) is 69.7. The fraction of sp³-hybridized carbons (Fsp3) is 0.0286. The van der Waals surface area contributed by atoms with Crippen LogP contribution in [0.15, 0.2) is 297 Å². The van der Waals surface area contributed by atoms with Crippen LogP contribution in [0.2, 0.25) is 0 Å². The van der Waals surface area contributed by atoms with E-state index >= 15 is 0 Å². The number of aromatic nitrogens is 4. The molecule has 2 bridgehead atoms. The maximum atomic E-state index is 6.61. The van der Waals surface area contributed by atoms with Gasteiger partial charge in [0.05, 0.1) is 33.1 Å². The predicted octanol–water partition coefficient (Wildman–Crippen LogP) is 15.8. The van der Waals surface area contributed by atoms with Crippen molar-refractivity contribution in [3.05, 3.63) is 314 Å². The van der Waals surface area contributed by atoms with Crippen molar-refractivity contribution in [2.75, 3.05) is 5.09 Å². The van der Waals surface area contributed by atoms with Crippen LogP contribution in [-0.2, 0) is 0 Å². The van der Waals surface area contributed by atoms with Crippen LogP contribution in [0.25, 0.3) is 110 Å². The average Bonchev–Trinajstić information content (AvgIpc) is 1.35. The Morgan fingerprint density at radius 2 is 0.606 bits per heavy atom. The zero-order chi connectivity index (χ0) is 82.1. The van der Waals surface area contributed by atoms with Crippen molar-refractivity contribution in [3.63, 3.8) is 0 Å². The molecule has 0 spiro atoms. The van der Waals surface area contributed by atoms with Crippen molar-refractivity contribution in [2.24, 2.45) is 0 Å². The SMILES string of the molecule is Cc1cc2c3c4c1c1ccccc1n4-c1cccc4c1B3c1c(cccc1O2)O4.Cc1ccc2c(c1)c1ccc3c4c1n2-c1cccc2c1B4c1c(cccc1O3)O2.Cc1ccc2c3ccc4c5c3n(c2c1)-c1cccc2c1B5c1c(cccc1O4)O2.[BH2-]1B2B3B1P23(Nc1ccccc1)c1cccc2c1c1ccc3c4c1n2-c1cccc2c1B4c1c(cccc1O3)O2. The first kappa shape index (κ1) is 66.6. The van der Waals surface area contributed by atoms with Crippen LogP contribution in [0.4, 0.5) is 5.69 Å². The summed E-state index contributed by atoms with van der Waals surface area (Å²) in [6.45, 7) is 7.06. The molecule has 0 saturated carbocycles. The normalized spacial score (nSPS) is 16.1. The Bertz CT molecular complexity index is 8880. The molecule has 0 amide bonds. The van der Waals surface area contributed by atoms with Crippen molar-refractivity contribution in [3.8, 4) is 115 Å². The standard InChI is InChI=1S/C30H19B5N2O2P.3C25H14BNO2/c1-2-7-17(8-3-1)36-40(33-31-34(40)35(33)40)25-14-5-9-19-26(25)18-15-16-24-29-30(18)37(19)20-10-4-11-21-27(20)32(29)28-22(38-21)12-6-13-23(28)39-24;1-13-8-10-16-15(12-13)14-9-11-21-24-25(14)27(16)17-4-2-5-18-22(17)26(24)23-19(28-18)6-3-7-20(23)29-21;1-13-8-9-14-15-10-11-21-24-25(15)27(17(14)12-13)16-4-2-5-18-22(16)26(24)23-19(28-18)6-3-7-20(23)29-21;1-13-12-20-24-25-21(13)14-6-2-3-7-15(14)27(25)16-8-4-9-17-22(16)26(24)23-18(28-17)10-5-11-19(23)29-20/h1-16,36H,31H2;3*2-12H,1H3/q-1;;;. The van der Waals surface area contributed by atoms with Crippen molar-refractivity contribution in [2.45, 2.75) is 20.8 Å². The van der Waals surface area contributed by atoms with Gasteiger partial charge in [-0.3, -0.25) is 0 Å². The molecule has 584 valence electrons. The zero-order valence-electron chi connectivity index (χ0n) is 68.8. The van der Waals surface area contributed by atoms with E-state index in [1.165, 1.54) is 182 Å². The van der Waals surface area contributed by atoms with Crippen LogP contribution in [0.3, 0.4) is 0 Å². The van der Waals surface area contributed by atoms with Crippen LogP contribution in [-0.4, -0.2) is 70.8 Å². The number of benzene rings is 17. The topological polar surface area (TPSA) is 106 Å². The van der Waals surface area contributed by atoms with E-state index < -0.39 is 6.39 Å². The minimum atomic E-state index is -2.13. The molecule has 4 fully saturated rings. The van der Waals surface area contributed by atoms with Gasteiger partial charge in [-0.25, -0.2) is 0 Å². The first-order valence-electron chi connectivity index (χ1n) is 44.7. The number of hydrogen-bond acceptors (Lipinski definition) is 9. The maximum absolute atomic E-state index is 6.61. The molecule has 0 aliphatic carbocycles. The van der Waals surface area contributed by atoms with E-state index in [1.54, 1.807) is 5.30 Å². The Morgan fingerprint density at radius 1 is 0.252 bits per heavy atom. The van der Waals surface area contributed by atoms with Gasteiger partial charge in [0.2, 0.25) is 0 Å². The summed E-state index contributed by atoms with van der Waals surface area (Å²) in [6.07, 6.45) is 0.747. The van der Waals surface area contributed by atoms with Gasteiger partial charge in [0.25, 0.3) is 20.1 Å². The summed E-state index contributed by atoms with van der Waals surface area (Å²) in [5.41, 5.74) is 34.9. The monoisotopic (exact) mass is 1640 g/mol. The van der Waals surface area contributed by atoms with Crippen molar-refractivity contribution < 1.29 is 37.9 Å². The molecule has 0 atom stereocenters. The quantitative estimate of drug-likeness (QED) is 0.137. The van der Waals surface area contributed by atoms with Gasteiger partial charge in [-0.05, 0) is 192 Å². The van der Waals surface area contributed by atoms with Gasteiger partial charge in [0.1, 0.15) is 69.0 Å². The second-order valence-electron chi connectivity index (χ2n) is 37.6. The Balaban J connectivity index is 0.0000000790. The number of fused-ring (bicyclic) bond motifs is 16. The molecular weight excluding hydrogens is 1580 g/mol. The molecule has 4 saturated heterocycles. The summed E-state index contributed by atoms with van der Waals surface area (Å²) in [7, 11) is 0.178. The van der Waals surface area contributed by atoms with Crippen LogP contribution >= 0.6 is 6.39 Å². The summed E-state index contributed by atoms with van der Waals surface area (Å²) in [5, 5.41) is 16.6. The first-order chi connectivity index (χ1) is 62.7. The molecule has 0 unspecified atom stereocenters. The molecule has 16 aliphatic heterocycles. The van der Waals surface area contributed by atoms with Gasteiger partial charge in [-0.15, -0.1) is 0 Å². The van der Waals surface area contributed by atoms with Gasteiger partial charge in [0, 0.05) is 65.8 Å². The molecule has 21 aromatic rings. The van der Waals surface area contributed by atoms with E-state index in [0.717, 1.165) is 127 Å². The fourth-order valence-electron chi connectivity index (χ4n) is 27.5. The molecule has 17 aromatic carbocycles. The predicted molar refractivity (Wildman–Crippen MR) is 525 cm³/mol. The molecule has 22 heteroatoms. The van der Waals surface area contributed by atoms with Crippen LogP contribution in [0, 0.1) is 20.8 Å². The van der Waals surface area contributed by atoms with Gasteiger partial charge >= 0.3 is 233 Å².